The summed E-state index contributed by atoms with van der Waals surface area (Å²) in [7, 11) is 0. The van der Waals surface area contributed by atoms with Crippen LogP contribution in [0.15, 0.2) is 5.11 Å². The van der Waals surface area contributed by atoms with Gasteiger partial charge in [0, 0.05) is 18.0 Å². The van der Waals surface area contributed by atoms with Crippen LogP contribution in [0.25, 0.3) is 10.4 Å². The molecular formula is C8H18N4O. The minimum Gasteiger partial charge on any atom is -0.302 e. The molecule has 0 unspecified atom stereocenters. The Morgan fingerprint density at radius 3 is 2.92 bits per heavy atom. The van der Waals surface area contributed by atoms with E-state index in [1.54, 1.807) is 0 Å². The summed E-state index contributed by atoms with van der Waals surface area (Å²) in [5.41, 5.74) is 10.8. The van der Waals surface area contributed by atoms with Crippen LogP contribution in [-0.4, -0.2) is 19.7 Å². The van der Waals surface area contributed by atoms with Gasteiger partial charge in [0.1, 0.15) is 0 Å². The third kappa shape index (κ3) is 11.2. The highest BCUT2D eigenvalue weighted by atomic mass is 16.6. The second-order valence-corrected chi connectivity index (χ2v) is 3.23. The van der Waals surface area contributed by atoms with Crippen LogP contribution in [0.5, 0.6) is 0 Å². The maximum atomic E-state index is 7.97. The van der Waals surface area contributed by atoms with Crippen molar-refractivity contribution < 1.29 is 4.84 Å². The van der Waals surface area contributed by atoms with Crippen molar-refractivity contribution in [2.75, 3.05) is 19.7 Å². The van der Waals surface area contributed by atoms with Crippen LogP contribution in [0, 0.1) is 5.92 Å². The molecule has 0 atom stereocenters. The molecule has 0 bridgehead atoms. The van der Waals surface area contributed by atoms with Crippen molar-refractivity contribution >= 4 is 0 Å². The molecular weight excluding hydrogens is 168 g/mol. The third-order valence-corrected chi connectivity index (χ3v) is 1.50. The lowest BCUT2D eigenvalue weighted by Crippen LogP contribution is -2.18. The highest BCUT2D eigenvalue weighted by Gasteiger charge is 1.92. The summed E-state index contributed by atoms with van der Waals surface area (Å²) < 4.78 is 0. The van der Waals surface area contributed by atoms with E-state index in [4.69, 9.17) is 10.4 Å². The lowest BCUT2D eigenvalue weighted by atomic mass is 10.1. The topological polar surface area (TPSA) is 70.0 Å². The van der Waals surface area contributed by atoms with Crippen LogP contribution in [0.4, 0.5) is 0 Å². The molecule has 0 radical (unpaired) electrons. The molecule has 0 aliphatic carbocycles. The van der Waals surface area contributed by atoms with Gasteiger partial charge >= 0.3 is 0 Å². The monoisotopic (exact) mass is 186 g/mol. The molecule has 5 heteroatoms. The fourth-order valence-electron chi connectivity index (χ4n) is 0.706. The van der Waals surface area contributed by atoms with Gasteiger partial charge in [0.15, 0.2) is 0 Å². The molecule has 0 spiro atoms. The molecule has 0 rings (SSSR count). The van der Waals surface area contributed by atoms with Gasteiger partial charge in [0.2, 0.25) is 0 Å². The molecule has 0 aromatic carbocycles. The minimum absolute atomic E-state index is 0.525. The standard InChI is InChI=1S/C8H18N4O/c1-8(2)4-7-13-11-6-3-5-10-12-9/h8,11H,3-7H2,1-2H3. The average Bonchev–Trinajstić information content (AvgIpc) is 2.09. The number of rotatable bonds is 8. The Kier molecular flexibility index (Phi) is 8.77. The van der Waals surface area contributed by atoms with E-state index in [1.165, 1.54) is 0 Å². The average molecular weight is 186 g/mol. The van der Waals surface area contributed by atoms with Crippen molar-refractivity contribution in [3.05, 3.63) is 10.4 Å². The lowest BCUT2D eigenvalue weighted by molar-refractivity contribution is 0.0344. The minimum atomic E-state index is 0.525. The molecule has 0 aromatic heterocycles. The van der Waals surface area contributed by atoms with Crippen LogP contribution in [-0.2, 0) is 4.84 Å². The summed E-state index contributed by atoms with van der Waals surface area (Å²) in [6.07, 6.45) is 1.87. The van der Waals surface area contributed by atoms with Crippen LogP contribution in [0.2, 0.25) is 0 Å². The molecule has 0 aromatic rings. The Balaban J connectivity index is 2.95. The Bertz CT molecular complexity index is 154. The summed E-state index contributed by atoms with van der Waals surface area (Å²) in [5.74, 6) is 0.671. The van der Waals surface area contributed by atoms with Gasteiger partial charge in [-0.3, -0.25) is 0 Å². The van der Waals surface area contributed by atoms with E-state index in [0.29, 0.717) is 12.5 Å². The van der Waals surface area contributed by atoms with E-state index in [9.17, 15) is 0 Å². The van der Waals surface area contributed by atoms with Crippen LogP contribution >= 0.6 is 0 Å². The van der Waals surface area contributed by atoms with Gasteiger partial charge in [-0.15, -0.1) is 0 Å². The predicted octanol–water partition coefficient (Wildman–Crippen LogP) is 2.25. The highest BCUT2D eigenvalue weighted by molar-refractivity contribution is 4.47. The Morgan fingerprint density at radius 1 is 1.54 bits per heavy atom. The molecule has 0 saturated heterocycles. The molecule has 0 aliphatic rings. The molecule has 13 heavy (non-hydrogen) atoms. The van der Waals surface area contributed by atoms with Crippen LogP contribution in [0.1, 0.15) is 26.7 Å². The van der Waals surface area contributed by atoms with Gasteiger partial charge in [-0.05, 0) is 24.3 Å². The first-order valence-electron chi connectivity index (χ1n) is 4.63. The number of hydrogen-bond donors (Lipinski definition) is 1. The zero-order chi connectivity index (χ0) is 9.94. The molecule has 0 heterocycles. The van der Waals surface area contributed by atoms with Crippen molar-refractivity contribution in [3.63, 3.8) is 0 Å². The number of nitrogens with one attached hydrogen (secondary N) is 1. The van der Waals surface area contributed by atoms with Crippen molar-refractivity contribution in [1.82, 2.24) is 5.48 Å². The second-order valence-electron chi connectivity index (χ2n) is 3.23. The lowest BCUT2D eigenvalue weighted by Gasteiger charge is -2.06. The van der Waals surface area contributed by atoms with Crippen molar-refractivity contribution in [1.29, 1.82) is 0 Å². The van der Waals surface area contributed by atoms with E-state index < -0.39 is 0 Å². The SMILES string of the molecule is CC(C)CCONCCCN=[N+]=[N-]. The number of hydroxylamine groups is 1. The molecule has 5 nitrogen and oxygen atoms in total. The Morgan fingerprint density at radius 2 is 2.31 bits per heavy atom. The first-order chi connectivity index (χ1) is 6.27. The Labute approximate surface area is 79.0 Å². The van der Waals surface area contributed by atoms with Crippen molar-refractivity contribution in [3.8, 4) is 0 Å². The fourth-order valence-corrected chi connectivity index (χ4v) is 0.706. The van der Waals surface area contributed by atoms with Gasteiger partial charge in [-0.25, -0.2) is 5.48 Å². The van der Waals surface area contributed by atoms with Gasteiger partial charge < -0.3 is 4.84 Å². The highest BCUT2D eigenvalue weighted by Crippen LogP contribution is 1.97. The van der Waals surface area contributed by atoms with E-state index >= 15 is 0 Å². The zero-order valence-corrected chi connectivity index (χ0v) is 8.36. The second kappa shape index (κ2) is 9.32. The molecule has 0 fully saturated rings. The van der Waals surface area contributed by atoms with Gasteiger partial charge in [0.25, 0.3) is 0 Å². The normalized spacial score (nSPS) is 10.1. The van der Waals surface area contributed by atoms with Crippen molar-refractivity contribution in [2.45, 2.75) is 26.7 Å². The largest absolute Gasteiger partial charge is 0.302 e. The van der Waals surface area contributed by atoms with E-state index in [-0.39, 0.29) is 0 Å². The van der Waals surface area contributed by atoms with Crippen molar-refractivity contribution in [2.24, 2.45) is 11.0 Å². The number of azide groups is 1. The summed E-state index contributed by atoms with van der Waals surface area (Å²) >= 11 is 0. The molecule has 0 amide bonds. The summed E-state index contributed by atoms with van der Waals surface area (Å²) in [5, 5.41) is 3.40. The number of nitrogens with zero attached hydrogens (tertiary/aromatic N) is 3. The molecule has 1 N–H and O–H groups in total. The van der Waals surface area contributed by atoms with Crippen LogP contribution < -0.4 is 5.48 Å². The third-order valence-electron chi connectivity index (χ3n) is 1.50. The van der Waals surface area contributed by atoms with E-state index in [0.717, 1.165) is 26.0 Å². The fraction of sp³-hybridized carbons (Fsp3) is 1.00. The van der Waals surface area contributed by atoms with Crippen LogP contribution in [0.3, 0.4) is 0 Å². The summed E-state index contributed by atoms with van der Waals surface area (Å²) in [4.78, 5) is 7.79. The molecule has 0 saturated carbocycles. The quantitative estimate of drug-likeness (QED) is 0.208. The maximum absolute atomic E-state index is 7.97. The zero-order valence-electron chi connectivity index (χ0n) is 8.36. The first kappa shape index (κ1) is 12.2. The first-order valence-corrected chi connectivity index (χ1v) is 4.63. The smallest absolute Gasteiger partial charge is 0.0684 e. The predicted molar refractivity (Wildman–Crippen MR) is 52.0 cm³/mol. The van der Waals surface area contributed by atoms with E-state index in [1.807, 2.05) is 0 Å². The maximum Gasteiger partial charge on any atom is 0.0684 e. The van der Waals surface area contributed by atoms with Gasteiger partial charge in [0.05, 0.1) is 6.61 Å². The van der Waals surface area contributed by atoms with E-state index in [2.05, 4.69) is 29.4 Å². The number of hydrogen-bond acceptors (Lipinski definition) is 3. The molecule has 0 aliphatic heterocycles. The Hall–Kier alpha value is -0.770. The summed E-state index contributed by atoms with van der Waals surface area (Å²) in [6.45, 7) is 6.31. The van der Waals surface area contributed by atoms with Gasteiger partial charge in [-0.2, -0.15) is 0 Å². The van der Waals surface area contributed by atoms with Gasteiger partial charge in [-0.1, -0.05) is 19.0 Å². The molecule has 76 valence electrons. The summed E-state index contributed by atoms with van der Waals surface area (Å²) in [6, 6.07) is 0.